The first-order valence-electron chi connectivity index (χ1n) is 17.9. The van der Waals surface area contributed by atoms with Crippen LogP contribution in [0.2, 0.25) is 0 Å². The molecule has 4 aromatic rings. The third-order valence-electron chi connectivity index (χ3n) is 8.79. The van der Waals surface area contributed by atoms with Crippen LogP contribution in [0.5, 0.6) is 0 Å². The third kappa shape index (κ3) is 12.2. The summed E-state index contributed by atoms with van der Waals surface area (Å²) in [5.74, 6) is -1.61. The average Bonchev–Trinajstić information content (AvgIpc) is 3.17. The third-order valence-corrected chi connectivity index (χ3v) is 8.79. The molecule has 5 rings (SSSR count). The van der Waals surface area contributed by atoms with E-state index in [2.05, 4.69) is 0 Å². The molecule has 52 heavy (non-hydrogen) atoms. The second kappa shape index (κ2) is 20.1. The molecule has 0 aromatic heterocycles. The standard InChI is InChI=1S/C43H50O9/c1-4-47-42(45)37(44)25-36(31-46-27-32-17-9-5-10-18-32)51-39-26-38(48-28-33-19-11-6-12-20-33)40(49-29-34-21-13-7-14-22-34)41(52-39)43(2,3)50-30-35-23-15-8-16-24-35/h5-24,36,38-41H,4,25-31H2,1-3H3/t36-,38+,39-,40-,41-/m0/s1. The van der Waals surface area contributed by atoms with Crippen molar-refractivity contribution in [2.75, 3.05) is 13.2 Å². The normalized spacial score (nSPS) is 19.5. The van der Waals surface area contributed by atoms with Gasteiger partial charge < -0.3 is 33.2 Å². The molecular weight excluding hydrogens is 660 g/mol. The second-order valence-electron chi connectivity index (χ2n) is 13.3. The van der Waals surface area contributed by atoms with E-state index >= 15 is 0 Å². The Morgan fingerprint density at radius 3 is 1.75 bits per heavy atom. The number of esters is 1. The summed E-state index contributed by atoms with van der Waals surface area (Å²) < 4.78 is 44.2. The van der Waals surface area contributed by atoms with Gasteiger partial charge in [0.2, 0.25) is 5.78 Å². The molecule has 5 atom stereocenters. The Kier molecular flexibility index (Phi) is 15.1. The monoisotopic (exact) mass is 710 g/mol. The van der Waals surface area contributed by atoms with Gasteiger partial charge in [-0.3, -0.25) is 4.79 Å². The molecular formula is C43H50O9. The Morgan fingerprint density at radius 1 is 0.712 bits per heavy atom. The van der Waals surface area contributed by atoms with Crippen LogP contribution in [-0.2, 0) is 69.2 Å². The van der Waals surface area contributed by atoms with Crippen LogP contribution >= 0.6 is 0 Å². The summed E-state index contributed by atoms with van der Waals surface area (Å²) in [6.45, 7) is 7.07. The lowest BCUT2D eigenvalue weighted by molar-refractivity contribution is -0.315. The maximum atomic E-state index is 12.9. The molecule has 276 valence electrons. The van der Waals surface area contributed by atoms with Crippen LogP contribution in [0.1, 0.15) is 55.9 Å². The largest absolute Gasteiger partial charge is 0.460 e. The van der Waals surface area contributed by atoms with E-state index in [0.29, 0.717) is 32.8 Å². The molecule has 0 aliphatic carbocycles. The van der Waals surface area contributed by atoms with Crippen molar-refractivity contribution in [2.24, 2.45) is 0 Å². The number of benzene rings is 4. The molecule has 1 aliphatic heterocycles. The number of Topliss-reactive ketones (excluding diaryl/α,β-unsaturated/α-hetero) is 1. The Bertz CT molecular complexity index is 1620. The van der Waals surface area contributed by atoms with Gasteiger partial charge >= 0.3 is 5.97 Å². The molecule has 1 saturated heterocycles. The second-order valence-corrected chi connectivity index (χ2v) is 13.3. The molecule has 0 bridgehead atoms. The number of ether oxygens (including phenoxy) is 7. The van der Waals surface area contributed by atoms with Gasteiger partial charge in [-0.05, 0) is 43.0 Å². The predicted octanol–water partition coefficient (Wildman–Crippen LogP) is 7.39. The van der Waals surface area contributed by atoms with Crippen LogP contribution in [-0.4, -0.2) is 61.3 Å². The van der Waals surface area contributed by atoms with E-state index in [-0.39, 0.29) is 19.6 Å². The lowest BCUT2D eigenvalue weighted by Gasteiger charge is -2.47. The van der Waals surface area contributed by atoms with Crippen molar-refractivity contribution in [3.05, 3.63) is 144 Å². The van der Waals surface area contributed by atoms with Gasteiger partial charge in [0.25, 0.3) is 0 Å². The Labute approximate surface area is 307 Å². The highest BCUT2D eigenvalue weighted by atomic mass is 16.7. The van der Waals surface area contributed by atoms with E-state index in [9.17, 15) is 9.59 Å². The summed E-state index contributed by atoms with van der Waals surface area (Å²) in [4.78, 5) is 25.3. The molecule has 9 nitrogen and oxygen atoms in total. The Hall–Kier alpha value is -4.22. The minimum absolute atomic E-state index is 0.0436. The topological polar surface area (TPSA) is 98.8 Å². The van der Waals surface area contributed by atoms with E-state index in [0.717, 1.165) is 22.3 Å². The quantitative estimate of drug-likeness (QED) is 0.0687. The fourth-order valence-electron chi connectivity index (χ4n) is 6.03. The molecule has 0 spiro atoms. The minimum Gasteiger partial charge on any atom is -0.460 e. The van der Waals surface area contributed by atoms with Gasteiger partial charge in [0.15, 0.2) is 6.29 Å². The van der Waals surface area contributed by atoms with Crippen molar-refractivity contribution in [3.8, 4) is 0 Å². The first kappa shape index (κ1) is 39.0. The number of ketones is 1. The summed E-state index contributed by atoms with van der Waals surface area (Å²) in [6, 6.07) is 39.5. The highest BCUT2D eigenvalue weighted by Crippen LogP contribution is 2.36. The summed E-state index contributed by atoms with van der Waals surface area (Å²) in [6.07, 6.45) is -3.30. The molecule has 1 aliphatic rings. The molecule has 0 radical (unpaired) electrons. The van der Waals surface area contributed by atoms with E-state index in [4.69, 9.17) is 33.2 Å². The number of carbonyl (C=O) groups is 2. The Balaban J connectivity index is 1.40. The lowest BCUT2D eigenvalue weighted by atomic mass is 9.89. The first-order valence-corrected chi connectivity index (χ1v) is 17.9. The first-order chi connectivity index (χ1) is 25.3. The highest BCUT2D eigenvalue weighted by molar-refractivity contribution is 6.33. The van der Waals surface area contributed by atoms with Crippen LogP contribution in [0.4, 0.5) is 0 Å². The SMILES string of the molecule is CCOC(=O)C(=O)C[C@@H](COCc1ccccc1)O[C@@H]1C[C@@H](OCc2ccccc2)[C@H](OCc2ccccc2)[C@@H](C(C)(C)OCc2ccccc2)O1. The lowest BCUT2D eigenvalue weighted by Crippen LogP contribution is -2.60. The molecule has 0 N–H and O–H groups in total. The van der Waals surface area contributed by atoms with Gasteiger partial charge in [-0.1, -0.05) is 121 Å². The van der Waals surface area contributed by atoms with Crippen molar-refractivity contribution in [1.82, 2.24) is 0 Å². The van der Waals surface area contributed by atoms with Crippen LogP contribution in [0.25, 0.3) is 0 Å². The van der Waals surface area contributed by atoms with Gasteiger partial charge in [-0.15, -0.1) is 0 Å². The van der Waals surface area contributed by atoms with E-state index in [1.54, 1.807) is 6.92 Å². The smallest absolute Gasteiger partial charge is 0.374 e. The molecule has 0 unspecified atom stereocenters. The van der Waals surface area contributed by atoms with Crippen LogP contribution in [0.15, 0.2) is 121 Å². The zero-order valence-corrected chi connectivity index (χ0v) is 30.3. The van der Waals surface area contributed by atoms with E-state index in [1.165, 1.54) is 0 Å². The molecule has 4 aromatic carbocycles. The van der Waals surface area contributed by atoms with E-state index < -0.39 is 48.1 Å². The minimum atomic E-state index is -0.907. The van der Waals surface area contributed by atoms with Crippen molar-refractivity contribution in [1.29, 1.82) is 0 Å². The van der Waals surface area contributed by atoms with Gasteiger partial charge in [0.1, 0.15) is 12.2 Å². The van der Waals surface area contributed by atoms with Crippen molar-refractivity contribution < 1.29 is 42.7 Å². The average molecular weight is 711 g/mol. The molecule has 0 amide bonds. The number of rotatable bonds is 20. The van der Waals surface area contributed by atoms with Gasteiger partial charge in [-0.2, -0.15) is 0 Å². The maximum absolute atomic E-state index is 12.9. The number of hydrogen-bond acceptors (Lipinski definition) is 9. The number of hydrogen-bond donors (Lipinski definition) is 0. The number of carbonyl (C=O) groups excluding carboxylic acids is 2. The van der Waals surface area contributed by atoms with Crippen molar-refractivity contribution in [3.63, 3.8) is 0 Å². The van der Waals surface area contributed by atoms with Crippen LogP contribution < -0.4 is 0 Å². The maximum Gasteiger partial charge on any atom is 0.374 e. The van der Waals surface area contributed by atoms with Crippen LogP contribution in [0, 0.1) is 0 Å². The van der Waals surface area contributed by atoms with E-state index in [1.807, 2.05) is 135 Å². The van der Waals surface area contributed by atoms with Crippen LogP contribution in [0.3, 0.4) is 0 Å². The van der Waals surface area contributed by atoms with Gasteiger partial charge in [0, 0.05) is 12.8 Å². The predicted molar refractivity (Wildman–Crippen MR) is 196 cm³/mol. The molecule has 9 heteroatoms. The van der Waals surface area contributed by atoms with Crippen molar-refractivity contribution >= 4 is 11.8 Å². The molecule has 0 saturated carbocycles. The zero-order valence-electron chi connectivity index (χ0n) is 30.3. The summed E-state index contributed by atoms with van der Waals surface area (Å²) in [5.41, 5.74) is 3.13. The highest BCUT2D eigenvalue weighted by Gasteiger charge is 2.49. The van der Waals surface area contributed by atoms with Gasteiger partial charge in [0.05, 0.1) is 57.5 Å². The summed E-state index contributed by atoms with van der Waals surface area (Å²) in [5, 5.41) is 0. The summed E-state index contributed by atoms with van der Waals surface area (Å²) in [7, 11) is 0. The Morgan fingerprint density at radius 2 is 1.21 bits per heavy atom. The zero-order chi connectivity index (χ0) is 36.6. The fraction of sp³-hybridized carbons (Fsp3) is 0.395. The molecule has 1 fully saturated rings. The molecule has 1 heterocycles. The van der Waals surface area contributed by atoms with Crippen molar-refractivity contribution in [2.45, 2.75) is 96.3 Å². The van der Waals surface area contributed by atoms with Gasteiger partial charge in [-0.25, -0.2) is 4.79 Å². The summed E-state index contributed by atoms with van der Waals surface area (Å²) >= 11 is 0. The fourth-order valence-corrected chi connectivity index (χ4v) is 6.03.